The molecule has 1 saturated heterocycles. The predicted octanol–water partition coefficient (Wildman–Crippen LogP) is 2.83. The van der Waals surface area contributed by atoms with E-state index < -0.39 is 22.0 Å². The van der Waals surface area contributed by atoms with E-state index in [1.165, 1.54) is 10.4 Å². The van der Waals surface area contributed by atoms with Crippen LogP contribution in [0, 0.1) is 0 Å². The number of carboxylic acids is 1. The van der Waals surface area contributed by atoms with Crippen LogP contribution in [0.5, 0.6) is 0 Å². The highest BCUT2D eigenvalue weighted by molar-refractivity contribution is 7.89. The first-order valence-electron chi connectivity index (χ1n) is 10.5. The molecule has 0 aliphatic carbocycles. The Bertz CT molecular complexity index is 1190. The topological polar surface area (TPSA) is 101 Å². The average Bonchev–Trinajstić information content (AvgIpc) is 2.77. The number of nitrogens with zero attached hydrogens (tertiary/aromatic N) is 1. The first-order valence-corrected chi connectivity index (χ1v) is 11.9. The van der Waals surface area contributed by atoms with Gasteiger partial charge in [0, 0.05) is 18.5 Å². The molecule has 1 aliphatic rings. The molecule has 32 heavy (non-hydrogen) atoms. The molecule has 0 radical (unpaired) electrons. The van der Waals surface area contributed by atoms with E-state index in [0.29, 0.717) is 18.7 Å². The fraction of sp³-hybridized carbons (Fsp3) is 0.240. The lowest BCUT2D eigenvalue weighted by Gasteiger charge is -2.50. The van der Waals surface area contributed by atoms with Crippen LogP contribution >= 0.6 is 0 Å². The smallest absolute Gasteiger partial charge is 0.320 e. The summed E-state index contributed by atoms with van der Waals surface area (Å²) in [5.74, 6) is -1.12. The largest absolute Gasteiger partial charge is 0.480 e. The molecular formula is C25H26N2O4S. The van der Waals surface area contributed by atoms with Gasteiger partial charge < -0.3 is 10.8 Å². The van der Waals surface area contributed by atoms with Crippen LogP contribution in [0.25, 0.3) is 0 Å². The van der Waals surface area contributed by atoms with Crippen molar-refractivity contribution >= 4 is 16.0 Å². The molecule has 7 heteroatoms. The Morgan fingerprint density at radius 3 is 2.16 bits per heavy atom. The maximum absolute atomic E-state index is 13.3. The average molecular weight is 451 g/mol. The first kappa shape index (κ1) is 22.2. The number of hydrogen-bond donors (Lipinski definition) is 2. The minimum Gasteiger partial charge on any atom is -0.480 e. The second kappa shape index (κ2) is 8.86. The summed E-state index contributed by atoms with van der Waals surface area (Å²) in [7, 11) is -3.71. The van der Waals surface area contributed by atoms with Gasteiger partial charge in [-0.1, -0.05) is 72.8 Å². The minimum atomic E-state index is -3.71. The van der Waals surface area contributed by atoms with E-state index in [-0.39, 0.29) is 16.7 Å². The normalized spacial score (nSPS) is 16.8. The zero-order valence-corrected chi connectivity index (χ0v) is 18.4. The summed E-state index contributed by atoms with van der Waals surface area (Å²) in [6.07, 6.45) is 0.817. The highest BCUT2D eigenvalue weighted by Gasteiger charge is 2.49. The Labute approximate surface area is 188 Å². The fourth-order valence-electron chi connectivity index (χ4n) is 4.30. The molecular weight excluding hydrogens is 424 g/mol. The van der Waals surface area contributed by atoms with E-state index in [0.717, 1.165) is 17.5 Å². The van der Waals surface area contributed by atoms with Gasteiger partial charge in [0.1, 0.15) is 6.04 Å². The van der Waals surface area contributed by atoms with Crippen molar-refractivity contribution < 1.29 is 18.3 Å². The molecule has 1 fully saturated rings. The summed E-state index contributed by atoms with van der Waals surface area (Å²) >= 11 is 0. The molecule has 1 aliphatic heterocycles. The van der Waals surface area contributed by atoms with E-state index in [9.17, 15) is 13.2 Å². The van der Waals surface area contributed by atoms with Crippen LogP contribution in [-0.4, -0.2) is 42.9 Å². The van der Waals surface area contributed by atoms with Gasteiger partial charge in [-0.3, -0.25) is 4.79 Å². The van der Waals surface area contributed by atoms with Gasteiger partial charge in [0.2, 0.25) is 10.0 Å². The molecule has 1 unspecified atom stereocenters. The lowest BCUT2D eigenvalue weighted by Crippen LogP contribution is -2.62. The molecule has 4 rings (SSSR count). The standard InChI is InChI=1S/C25H26N2O4S/c26-23(24(28)29)15-20-10-7-13-22(14-20)32(30,31)27-17-25(18-27,21-11-5-2-6-12-21)16-19-8-3-1-4-9-19/h1-14,23H,15-18,26H2,(H,28,29). The molecule has 166 valence electrons. The van der Waals surface area contributed by atoms with Gasteiger partial charge in [0.05, 0.1) is 4.90 Å². The third-order valence-electron chi connectivity index (χ3n) is 6.04. The lowest BCUT2D eigenvalue weighted by molar-refractivity contribution is -0.138. The van der Waals surface area contributed by atoms with Crippen LogP contribution in [0.4, 0.5) is 0 Å². The Hall–Kier alpha value is -3.00. The maximum Gasteiger partial charge on any atom is 0.320 e. The zero-order chi connectivity index (χ0) is 22.8. The highest BCUT2D eigenvalue weighted by Crippen LogP contribution is 2.40. The van der Waals surface area contributed by atoms with Crippen LogP contribution in [0.15, 0.2) is 89.8 Å². The molecule has 0 saturated carbocycles. The number of carboxylic acid groups (broad SMARTS) is 1. The summed E-state index contributed by atoms with van der Waals surface area (Å²) in [4.78, 5) is 11.2. The van der Waals surface area contributed by atoms with Gasteiger partial charge in [-0.05, 0) is 41.7 Å². The number of nitrogens with two attached hydrogens (primary N) is 1. The molecule has 3 aromatic carbocycles. The van der Waals surface area contributed by atoms with Crippen LogP contribution in [0.3, 0.4) is 0 Å². The van der Waals surface area contributed by atoms with E-state index in [1.54, 1.807) is 18.2 Å². The SMILES string of the molecule is NC(Cc1cccc(S(=O)(=O)N2CC(Cc3ccccc3)(c3ccccc3)C2)c1)C(=O)O. The minimum absolute atomic E-state index is 0.0701. The molecule has 0 aromatic heterocycles. The molecule has 0 amide bonds. The van der Waals surface area contributed by atoms with E-state index >= 15 is 0 Å². The maximum atomic E-state index is 13.3. The second-order valence-corrected chi connectivity index (χ2v) is 10.3. The Morgan fingerprint density at radius 2 is 1.53 bits per heavy atom. The molecule has 3 aromatic rings. The quantitative estimate of drug-likeness (QED) is 0.550. The lowest BCUT2D eigenvalue weighted by atomic mass is 9.71. The molecule has 6 nitrogen and oxygen atoms in total. The molecule has 3 N–H and O–H groups in total. The monoisotopic (exact) mass is 450 g/mol. The summed E-state index contributed by atoms with van der Waals surface area (Å²) < 4.78 is 28.2. The zero-order valence-electron chi connectivity index (χ0n) is 17.6. The van der Waals surface area contributed by atoms with Crippen molar-refractivity contribution in [3.63, 3.8) is 0 Å². The molecule has 1 atom stereocenters. The highest BCUT2D eigenvalue weighted by atomic mass is 32.2. The number of sulfonamides is 1. The number of rotatable bonds is 8. The number of carbonyl (C=O) groups is 1. The first-order chi connectivity index (χ1) is 15.3. The van der Waals surface area contributed by atoms with Crippen molar-refractivity contribution in [1.29, 1.82) is 0 Å². The van der Waals surface area contributed by atoms with Crippen molar-refractivity contribution in [2.24, 2.45) is 5.73 Å². The third kappa shape index (κ3) is 4.46. The number of aliphatic carboxylic acids is 1. The number of benzene rings is 3. The van der Waals surface area contributed by atoms with Gasteiger partial charge in [-0.15, -0.1) is 0 Å². The van der Waals surface area contributed by atoms with Crippen LogP contribution < -0.4 is 5.73 Å². The Morgan fingerprint density at radius 1 is 0.938 bits per heavy atom. The van der Waals surface area contributed by atoms with Crippen molar-refractivity contribution in [2.45, 2.75) is 29.2 Å². The van der Waals surface area contributed by atoms with Gasteiger partial charge in [-0.25, -0.2) is 8.42 Å². The van der Waals surface area contributed by atoms with E-state index in [4.69, 9.17) is 10.8 Å². The van der Waals surface area contributed by atoms with Gasteiger partial charge >= 0.3 is 5.97 Å². The molecule has 1 heterocycles. The van der Waals surface area contributed by atoms with E-state index in [2.05, 4.69) is 24.3 Å². The van der Waals surface area contributed by atoms with Crippen molar-refractivity contribution in [2.75, 3.05) is 13.1 Å². The predicted molar refractivity (Wildman–Crippen MR) is 123 cm³/mol. The Balaban J connectivity index is 1.58. The van der Waals surface area contributed by atoms with Crippen LogP contribution in [0.2, 0.25) is 0 Å². The van der Waals surface area contributed by atoms with Gasteiger partial charge in [-0.2, -0.15) is 4.31 Å². The molecule has 0 bridgehead atoms. The van der Waals surface area contributed by atoms with Gasteiger partial charge in [0.25, 0.3) is 0 Å². The van der Waals surface area contributed by atoms with Crippen LogP contribution in [0.1, 0.15) is 16.7 Å². The summed E-state index contributed by atoms with van der Waals surface area (Å²) in [5, 5.41) is 9.04. The van der Waals surface area contributed by atoms with Crippen molar-refractivity contribution in [1.82, 2.24) is 4.31 Å². The van der Waals surface area contributed by atoms with Gasteiger partial charge in [0.15, 0.2) is 0 Å². The summed E-state index contributed by atoms with van der Waals surface area (Å²) in [5.41, 5.74) is 8.20. The second-order valence-electron chi connectivity index (χ2n) is 8.38. The summed E-state index contributed by atoms with van der Waals surface area (Å²) in [6.45, 7) is 0.764. The molecule has 0 spiro atoms. The number of hydrogen-bond acceptors (Lipinski definition) is 4. The Kier molecular flexibility index (Phi) is 6.15. The van der Waals surface area contributed by atoms with Crippen molar-refractivity contribution in [3.05, 3.63) is 102 Å². The summed E-state index contributed by atoms with van der Waals surface area (Å²) in [6, 6.07) is 25.4. The van der Waals surface area contributed by atoms with E-state index in [1.807, 2.05) is 36.4 Å². The van der Waals surface area contributed by atoms with Crippen LogP contribution in [-0.2, 0) is 33.1 Å². The third-order valence-corrected chi connectivity index (χ3v) is 7.83. The fourth-order valence-corrected chi connectivity index (χ4v) is 5.98. The van der Waals surface area contributed by atoms with Crippen molar-refractivity contribution in [3.8, 4) is 0 Å².